The van der Waals surface area contributed by atoms with Crippen LogP contribution >= 0.6 is 23.8 Å². The summed E-state index contributed by atoms with van der Waals surface area (Å²) in [7, 11) is -2.54. The molecular weight excluding hydrogens is 324 g/mol. The number of anilines is 1. The molecule has 0 aliphatic heterocycles. The molecule has 0 atom stereocenters. The summed E-state index contributed by atoms with van der Waals surface area (Å²) in [4.78, 5) is 11.1. The minimum atomic E-state index is -3.72. The fourth-order valence-electron chi connectivity index (χ4n) is 1.30. The molecule has 0 amide bonds. The Balaban J connectivity index is 2.89. The average Bonchev–Trinajstić information content (AvgIpc) is 2.38. The summed E-state index contributed by atoms with van der Waals surface area (Å²) >= 11 is 10.7. The third-order valence-corrected chi connectivity index (χ3v) is 4.16. The molecule has 0 spiro atoms. The fraction of sp³-hybridized carbons (Fsp3) is 0.273. The van der Waals surface area contributed by atoms with Gasteiger partial charge in [-0.2, -0.15) is 0 Å². The number of benzene rings is 1. The van der Waals surface area contributed by atoms with E-state index < -0.39 is 21.7 Å². The van der Waals surface area contributed by atoms with Crippen molar-refractivity contribution in [3.05, 3.63) is 28.8 Å². The standard InChI is InChI=1S/C11H13ClN2O4S2/c1-18-10(15)4-5-20(16,17)14-9-6-7(11(13)19)2-3-8(9)12/h2-3,6,14H,4-5H2,1H3,(H2,13,19). The third-order valence-electron chi connectivity index (χ3n) is 2.32. The molecule has 1 rings (SSSR count). The number of methoxy groups -OCH3 is 1. The first-order chi connectivity index (χ1) is 9.25. The van der Waals surface area contributed by atoms with E-state index in [4.69, 9.17) is 29.6 Å². The number of hydrogen-bond donors (Lipinski definition) is 2. The Labute approximate surface area is 127 Å². The van der Waals surface area contributed by atoms with Gasteiger partial charge in [-0.05, 0) is 12.1 Å². The number of hydrogen-bond acceptors (Lipinski definition) is 5. The highest BCUT2D eigenvalue weighted by Gasteiger charge is 2.15. The molecule has 0 saturated heterocycles. The Bertz CT molecular complexity index is 631. The number of ether oxygens (including phenoxy) is 1. The zero-order valence-corrected chi connectivity index (χ0v) is 12.9. The molecule has 0 heterocycles. The summed E-state index contributed by atoms with van der Waals surface area (Å²) in [5, 5.41) is 0.201. The predicted molar refractivity (Wildman–Crippen MR) is 81.4 cm³/mol. The number of nitrogens with one attached hydrogen (secondary N) is 1. The van der Waals surface area contributed by atoms with Crippen LogP contribution in [0.15, 0.2) is 18.2 Å². The quantitative estimate of drug-likeness (QED) is 0.599. The van der Waals surface area contributed by atoms with Gasteiger partial charge in [-0.1, -0.05) is 29.9 Å². The van der Waals surface area contributed by atoms with Gasteiger partial charge in [0.15, 0.2) is 0 Å². The first kappa shape index (κ1) is 16.7. The maximum atomic E-state index is 11.8. The Morgan fingerprint density at radius 2 is 2.15 bits per heavy atom. The number of nitrogens with two attached hydrogens (primary N) is 1. The maximum absolute atomic E-state index is 11.8. The second kappa shape index (κ2) is 6.87. The van der Waals surface area contributed by atoms with Gasteiger partial charge < -0.3 is 10.5 Å². The van der Waals surface area contributed by atoms with Gasteiger partial charge in [0.25, 0.3) is 0 Å². The molecule has 3 N–H and O–H groups in total. The highest BCUT2D eigenvalue weighted by Crippen LogP contribution is 2.24. The van der Waals surface area contributed by atoms with Crippen LogP contribution < -0.4 is 10.5 Å². The van der Waals surface area contributed by atoms with Crippen molar-refractivity contribution in [1.29, 1.82) is 0 Å². The summed E-state index contributed by atoms with van der Waals surface area (Å²) in [6.07, 6.45) is -0.252. The third kappa shape index (κ3) is 4.95. The van der Waals surface area contributed by atoms with Crippen molar-refractivity contribution in [2.75, 3.05) is 17.6 Å². The maximum Gasteiger partial charge on any atom is 0.306 e. The van der Waals surface area contributed by atoms with Gasteiger partial charge in [-0.3, -0.25) is 9.52 Å². The number of carbonyl (C=O) groups is 1. The SMILES string of the molecule is COC(=O)CCS(=O)(=O)Nc1cc(C(N)=S)ccc1Cl. The van der Waals surface area contributed by atoms with Gasteiger partial charge in [0, 0.05) is 5.56 Å². The van der Waals surface area contributed by atoms with Crippen LogP contribution in [0.25, 0.3) is 0 Å². The lowest BCUT2D eigenvalue weighted by Gasteiger charge is -2.10. The topological polar surface area (TPSA) is 98.5 Å². The molecule has 9 heteroatoms. The van der Waals surface area contributed by atoms with Crippen molar-refractivity contribution in [3.8, 4) is 0 Å². The number of rotatable bonds is 6. The molecule has 1 aromatic rings. The molecule has 0 aliphatic rings. The van der Waals surface area contributed by atoms with Crippen molar-refractivity contribution in [3.63, 3.8) is 0 Å². The molecule has 20 heavy (non-hydrogen) atoms. The molecule has 6 nitrogen and oxygen atoms in total. The second-order valence-corrected chi connectivity index (χ2v) is 6.49. The molecule has 0 unspecified atom stereocenters. The first-order valence-corrected chi connectivity index (χ1v) is 7.85. The minimum absolute atomic E-state index is 0.122. The Kier molecular flexibility index (Phi) is 5.73. The highest BCUT2D eigenvalue weighted by atomic mass is 35.5. The monoisotopic (exact) mass is 336 g/mol. The van der Waals surface area contributed by atoms with E-state index in [0.717, 1.165) is 0 Å². The first-order valence-electron chi connectivity index (χ1n) is 5.42. The summed E-state index contributed by atoms with van der Waals surface area (Å²) < 4.78 is 30.3. The van der Waals surface area contributed by atoms with Gasteiger partial charge in [0.05, 0.1) is 30.0 Å². The Morgan fingerprint density at radius 3 is 2.70 bits per heavy atom. The van der Waals surface area contributed by atoms with Crippen molar-refractivity contribution < 1.29 is 17.9 Å². The number of esters is 1. The smallest absolute Gasteiger partial charge is 0.306 e. The second-order valence-electron chi connectivity index (χ2n) is 3.81. The summed E-state index contributed by atoms with van der Waals surface area (Å²) in [5.41, 5.74) is 6.10. The zero-order valence-electron chi connectivity index (χ0n) is 10.6. The van der Waals surface area contributed by atoms with Crippen LogP contribution in [0.2, 0.25) is 5.02 Å². The molecule has 0 fully saturated rings. The highest BCUT2D eigenvalue weighted by molar-refractivity contribution is 7.92. The molecule has 0 aliphatic carbocycles. The van der Waals surface area contributed by atoms with Gasteiger partial charge >= 0.3 is 5.97 Å². The molecular formula is C11H13ClN2O4S2. The Morgan fingerprint density at radius 1 is 1.50 bits per heavy atom. The average molecular weight is 337 g/mol. The lowest BCUT2D eigenvalue weighted by molar-refractivity contribution is -0.140. The van der Waals surface area contributed by atoms with Crippen LogP contribution in [0.4, 0.5) is 5.69 Å². The number of carbonyl (C=O) groups excluding carboxylic acids is 1. The van der Waals surface area contributed by atoms with Gasteiger partial charge in [0.2, 0.25) is 10.0 Å². The Hall–Kier alpha value is -1.38. The molecule has 0 aromatic heterocycles. The summed E-state index contributed by atoms with van der Waals surface area (Å²) in [6.45, 7) is 0. The van der Waals surface area contributed by atoms with E-state index in [1.807, 2.05) is 0 Å². The largest absolute Gasteiger partial charge is 0.469 e. The number of sulfonamides is 1. The van der Waals surface area contributed by atoms with E-state index in [1.165, 1.54) is 19.2 Å². The molecule has 0 bridgehead atoms. The van der Waals surface area contributed by atoms with Crippen LogP contribution in [0.5, 0.6) is 0 Å². The van der Waals surface area contributed by atoms with E-state index in [9.17, 15) is 13.2 Å². The predicted octanol–water partition coefficient (Wildman–Crippen LogP) is 1.28. The van der Waals surface area contributed by atoms with E-state index in [-0.39, 0.29) is 22.1 Å². The summed E-state index contributed by atoms with van der Waals surface area (Å²) in [5.74, 6) is -1.02. The number of thiocarbonyl (C=S) groups is 1. The van der Waals surface area contributed by atoms with Crippen LogP contribution in [0, 0.1) is 0 Å². The lowest BCUT2D eigenvalue weighted by atomic mass is 10.2. The zero-order chi connectivity index (χ0) is 15.3. The van der Waals surface area contributed by atoms with Crippen molar-refractivity contribution in [2.24, 2.45) is 5.73 Å². The molecule has 110 valence electrons. The number of halogens is 1. The van der Waals surface area contributed by atoms with Gasteiger partial charge in [0.1, 0.15) is 4.99 Å². The fourth-order valence-corrected chi connectivity index (χ4v) is 2.68. The van der Waals surface area contributed by atoms with E-state index in [1.54, 1.807) is 6.07 Å². The molecule has 0 radical (unpaired) electrons. The van der Waals surface area contributed by atoms with Crippen LogP contribution in [-0.4, -0.2) is 32.2 Å². The molecule has 0 saturated carbocycles. The van der Waals surface area contributed by atoms with E-state index >= 15 is 0 Å². The van der Waals surface area contributed by atoms with Crippen LogP contribution in [-0.2, 0) is 19.6 Å². The van der Waals surface area contributed by atoms with Crippen molar-refractivity contribution >= 4 is 50.5 Å². The van der Waals surface area contributed by atoms with Gasteiger partial charge in [-0.25, -0.2) is 8.42 Å². The van der Waals surface area contributed by atoms with Crippen molar-refractivity contribution in [1.82, 2.24) is 0 Å². The normalized spacial score (nSPS) is 10.9. The van der Waals surface area contributed by atoms with Crippen molar-refractivity contribution in [2.45, 2.75) is 6.42 Å². The minimum Gasteiger partial charge on any atom is -0.469 e. The van der Waals surface area contributed by atoms with Gasteiger partial charge in [-0.15, -0.1) is 0 Å². The van der Waals surface area contributed by atoms with Crippen LogP contribution in [0.1, 0.15) is 12.0 Å². The van der Waals surface area contributed by atoms with Crippen LogP contribution in [0.3, 0.4) is 0 Å². The van der Waals surface area contributed by atoms with E-state index in [2.05, 4.69) is 9.46 Å². The lowest BCUT2D eigenvalue weighted by Crippen LogP contribution is -2.20. The molecule has 1 aromatic carbocycles. The summed E-state index contributed by atoms with van der Waals surface area (Å²) in [6, 6.07) is 4.49. The van der Waals surface area contributed by atoms with E-state index in [0.29, 0.717) is 5.56 Å².